The maximum Gasteiger partial charge on any atom is 0.330 e. The third-order valence-electron chi connectivity index (χ3n) is 2.70. The Morgan fingerprint density at radius 1 is 1.41 bits per heavy atom. The molecule has 0 radical (unpaired) electrons. The van der Waals surface area contributed by atoms with E-state index < -0.39 is 11.5 Å². The molecule has 1 amide bonds. The maximum atomic E-state index is 12.2. The van der Waals surface area contributed by atoms with E-state index in [0.717, 1.165) is 6.54 Å². The van der Waals surface area contributed by atoms with Crippen molar-refractivity contribution >= 4 is 11.9 Å². The Labute approximate surface area is 102 Å². The Bertz CT molecular complexity index is 297. The maximum absolute atomic E-state index is 12.2. The lowest BCUT2D eigenvalue weighted by Gasteiger charge is -2.38. The van der Waals surface area contributed by atoms with Crippen LogP contribution in [0.5, 0.6) is 0 Å². The van der Waals surface area contributed by atoms with Crippen molar-refractivity contribution in [1.29, 1.82) is 0 Å². The van der Waals surface area contributed by atoms with E-state index in [1.54, 1.807) is 11.8 Å². The topological polar surface area (TPSA) is 58.6 Å². The molecule has 1 unspecified atom stereocenters. The molecule has 0 aromatic carbocycles. The molecule has 98 valence electrons. The van der Waals surface area contributed by atoms with Gasteiger partial charge in [-0.1, -0.05) is 20.8 Å². The first-order valence-corrected chi connectivity index (χ1v) is 6.06. The minimum Gasteiger partial charge on any atom is -0.464 e. The van der Waals surface area contributed by atoms with Crippen LogP contribution in [0.3, 0.4) is 0 Å². The van der Waals surface area contributed by atoms with Crippen molar-refractivity contribution in [2.75, 3.05) is 26.2 Å². The summed E-state index contributed by atoms with van der Waals surface area (Å²) in [7, 11) is 0. The molecule has 1 atom stereocenters. The predicted octanol–water partition coefficient (Wildman–Crippen LogP) is 0.396. The van der Waals surface area contributed by atoms with Gasteiger partial charge in [0.25, 0.3) is 0 Å². The lowest BCUT2D eigenvalue weighted by molar-refractivity contribution is -0.158. The number of piperazine rings is 1. The number of rotatable bonds is 2. The molecule has 0 aromatic heterocycles. The van der Waals surface area contributed by atoms with E-state index >= 15 is 0 Å². The first-order chi connectivity index (χ1) is 7.88. The number of ether oxygens (including phenoxy) is 1. The summed E-state index contributed by atoms with van der Waals surface area (Å²) in [6.45, 7) is 9.44. The van der Waals surface area contributed by atoms with Gasteiger partial charge in [0, 0.05) is 25.0 Å². The normalized spacial score (nSPS) is 21.2. The van der Waals surface area contributed by atoms with E-state index in [0.29, 0.717) is 19.7 Å². The molecular formula is C12H22N2O3. The summed E-state index contributed by atoms with van der Waals surface area (Å²) in [6.07, 6.45) is 0. The van der Waals surface area contributed by atoms with Crippen LogP contribution in [0.2, 0.25) is 0 Å². The second-order valence-corrected chi connectivity index (χ2v) is 5.22. The van der Waals surface area contributed by atoms with Gasteiger partial charge in [0.1, 0.15) is 6.04 Å². The van der Waals surface area contributed by atoms with Crippen LogP contribution in [0.4, 0.5) is 0 Å². The zero-order valence-corrected chi connectivity index (χ0v) is 11.1. The first-order valence-electron chi connectivity index (χ1n) is 6.06. The zero-order valence-electron chi connectivity index (χ0n) is 11.1. The summed E-state index contributed by atoms with van der Waals surface area (Å²) in [5, 5.41) is 3.12. The van der Waals surface area contributed by atoms with Gasteiger partial charge in [-0.2, -0.15) is 0 Å². The summed E-state index contributed by atoms with van der Waals surface area (Å²) in [4.78, 5) is 25.6. The molecule has 17 heavy (non-hydrogen) atoms. The Morgan fingerprint density at radius 3 is 2.59 bits per heavy atom. The summed E-state index contributed by atoms with van der Waals surface area (Å²) in [5.41, 5.74) is -0.470. The Balaban J connectivity index is 2.79. The fourth-order valence-corrected chi connectivity index (χ4v) is 1.83. The number of nitrogens with one attached hydrogen (secondary N) is 1. The molecule has 1 fully saturated rings. The van der Waals surface area contributed by atoms with Gasteiger partial charge in [0.05, 0.1) is 6.61 Å². The van der Waals surface area contributed by atoms with Crippen molar-refractivity contribution in [2.45, 2.75) is 33.7 Å². The van der Waals surface area contributed by atoms with Crippen LogP contribution < -0.4 is 5.32 Å². The lowest BCUT2D eigenvalue weighted by Crippen LogP contribution is -2.59. The lowest BCUT2D eigenvalue weighted by atomic mass is 9.93. The van der Waals surface area contributed by atoms with E-state index in [2.05, 4.69) is 5.32 Å². The number of carbonyl (C=O) groups excluding carboxylic acids is 2. The van der Waals surface area contributed by atoms with Gasteiger partial charge in [-0.15, -0.1) is 0 Å². The van der Waals surface area contributed by atoms with Gasteiger partial charge in [-0.05, 0) is 6.92 Å². The third kappa shape index (κ3) is 3.43. The van der Waals surface area contributed by atoms with Gasteiger partial charge in [-0.25, -0.2) is 4.79 Å². The predicted molar refractivity (Wildman–Crippen MR) is 64.5 cm³/mol. The zero-order chi connectivity index (χ0) is 13.1. The van der Waals surface area contributed by atoms with E-state index in [1.807, 2.05) is 20.8 Å². The van der Waals surface area contributed by atoms with E-state index in [-0.39, 0.29) is 11.9 Å². The molecule has 0 aromatic rings. The fraction of sp³-hybridized carbons (Fsp3) is 0.833. The van der Waals surface area contributed by atoms with Gasteiger partial charge in [0.15, 0.2) is 0 Å². The number of nitrogens with zero attached hydrogens (tertiary/aromatic N) is 1. The highest BCUT2D eigenvalue weighted by Gasteiger charge is 2.37. The Hall–Kier alpha value is -1.10. The summed E-state index contributed by atoms with van der Waals surface area (Å²) >= 11 is 0. The number of hydrogen-bond acceptors (Lipinski definition) is 4. The third-order valence-corrected chi connectivity index (χ3v) is 2.70. The number of amides is 1. The van der Waals surface area contributed by atoms with Crippen molar-refractivity contribution in [1.82, 2.24) is 10.2 Å². The standard InChI is InChI=1S/C12H22N2O3/c1-5-17-10(15)9-8-13-6-7-14(9)11(16)12(2,3)4/h9,13H,5-8H2,1-4H3. The molecule has 1 aliphatic heterocycles. The molecule has 1 rings (SSSR count). The quantitative estimate of drug-likeness (QED) is 0.712. The summed E-state index contributed by atoms with van der Waals surface area (Å²) in [6, 6.07) is -0.490. The Morgan fingerprint density at radius 2 is 2.06 bits per heavy atom. The molecule has 1 heterocycles. The summed E-state index contributed by atoms with van der Waals surface area (Å²) in [5.74, 6) is -0.325. The second-order valence-electron chi connectivity index (χ2n) is 5.22. The van der Waals surface area contributed by atoms with E-state index in [4.69, 9.17) is 4.74 Å². The average Bonchev–Trinajstić information content (AvgIpc) is 2.27. The molecule has 0 aliphatic carbocycles. The molecule has 0 spiro atoms. The number of esters is 1. The van der Waals surface area contributed by atoms with E-state index in [9.17, 15) is 9.59 Å². The number of hydrogen-bond donors (Lipinski definition) is 1. The second kappa shape index (κ2) is 5.49. The highest BCUT2D eigenvalue weighted by atomic mass is 16.5. The number of carbonyl (C=O) groups is 2. The highest BCUT2D eigenvalue weighted by Crippen LogP contribution is 2.20. The minimum absolute atomic E-state index is 0.00273. The van der Waals surface area contributed by atoms with Crippen LogP contribution in [-0.4, -0.2) is 49.1 Å². The van der Waals surface area contributed by atoms with Gasteiger partial charge in [-0.3, -0.25) is 4.79 Å². The Kier molecular flexibility index (Phi) is 4.51. The van der Waals surface area contributed by atoms with Crippen molar-refractivity contribution in [2.24, 2.45) is 5.41 Å². The van der Waals surface area contributed by atoms with Crippen molar-refractivity contribution < 1.29 is 14.3 Å². The molecule has 5 heteroatoms. The molecule has 5 nitrogen and oxygen atoms in total. The van der Waals surface area contributed by atoms with Gasteiger partial charge >= 0.3 is 5.97 Å². The van der Waals surface area contributed by atoms with Crippen LogP contribution in [0.25, 0.3) is 0 Å². The summed E-state index contributed by atoms with van der Waals surface area (Å²) < 4.78 is 5.00. The molecule has 1 aliphatic rings. The molecular weight excluding hydrogens is 220 g/mol. The van der Waals surface area contributed by atoms with Crippen molar-refractivity contribution in [3.63, 3.8) is 0 Å². The van der Waals surface area contributed by atoms with Crippen molar-refractivity contribution in [3.8, 4) is 0 Å². The monoisotopic (exact) mass is 242 g/mol. The van der Waals surface area contributed by atoms with Crippen LogP contribution in [0.15, 0.2) is 0 Å². The van der Waals surface area contributed by atoms with Gasteiger partial charge in [0.2, 0.25) is 5.91 Å². The highest BCUT2D eigenvalue weighted by molar-refractivity contribution is 5.87. The van der Waals surface area contributed by atoms with Crippen LogP contribution in [0, 0.1) is 5.41 Å². The molecule has 0 saturated carbocycles. The smallest absolute Gasteiger partial charge is 0.330 e. The average molecular weight is 242 g/mol. The van der Waals surface area contributed by atoms with Crippen LogP contribution >= 0.6 is 0 Å². The minimum atomic E-state index is -0.490. The molecule has 1 N–H and O–H groups in total. The largest absolute Gasteiger partial charge is 0.464 e. The SMILES string of the molecule is CCOC(=O)C1CNCCN1C(=O)C(C)(C)C. The molecule has 1 saturated heterocycles. The first kappa shape index (κ1) is 14.0. The van der Waals surface area contributed by atoms with Crippen LogP contribution in [0.1, 0.15) is 27.7 Å². The molecule has 0 bridgehead atoms. The van der Waals surface area contributed by atoms with E-state index in [1.165, 1.54) is 0 Å². The van der Waals surface area contributed by atoms with Gasteiger partial charge < -0.3 is 15.0 Å². The van der Waals surface area contributed by atoms with Crippen molar-refractivity contribution in [3.05, 3.63) is 0 Å². The fourth-order valence-electron chi connectivity index (χ4n) is 1.83. The van der Waals surface area contributed by atoms with Crippen LogP contribution in [-0.2, 0) is 14.3 Å².